The highest BCUT2D eigenvalue weighted by atomic mass is 19.4. The zero-order chi connectivity index (χ0) is 25.0. The normalized spacial score (nSPS) is 12.1. The maximum absolute atomic E-state index is 14.6. The predicted molar refractivity (Wildman–Crippen MR) is 120 cm³/mol. The van der Waals surface area contributed by atoms with Crippen LogP contribution in [0.1, 0.15) is 39.7 Å². The van der Waals surface area contributed by atoms with Gasteiger partial charge in [-0.05, 0) is 29.3 Å². The summed E-state index contributed by atoms with van der Waals surface area (Å²) in [6.45, 7) is -0.112. The number of nitrogens with zero attached hydrogens (tertiary/aromatic N) is 5. The standard InChI is InChI=1S/C26H18F3N5O/c1-34-16-32-14-22(34)25(35-15-20-9-7-17(11-30)13-33-20)21-10-8-19(12-31)23(24(21)26(27,28)29)18-5-3-2-4-6-18/h2-10,13-14,16,25H,15H2,1H3. The maximum Gasteiger partial charge on any atom is 0.417 e. The molecule has 1 unspecified atom stereocenters. The minimum absolute atomic E-state index is 0.0928. The largest absolute Gasteiger partial charge is 0.417 e. The molecule has 9 heteroatoms. The minimum Gasteiger partial charge on any atom is -0.361 e. The molecule has 2 aromatic carbocycles. The molecular weight excluding hydrogens is 455 g/mol. The van der Waals surface area contributed by atoms with Crippen LogP contribution in [0.25, 0.3) is 11.1 Å². The van der Waals surface area contributed by atoms with E-state index in [1.807, 2.05) is 12.1 Å². The van der Waals surface area contributed by atoms with Gasteiger partial charge in [0.15, 0.2) is 0 Å². The SMILES string of the molecule is Cn1cncc1C(OCc1ccc(C#N)cn1)c1ccc(C#N)c(-c2ccccc2)c1C(F)(F)F. The fourth-order valence-corrected chi connectivity index (χ4v) is 3.84. The molecule has 1 atom stereocenters. The summed E-state index contributed by atoms with van der Waals surface area (Å²) >= 11 is 0. The number of rotatable bonds is 6. The predicted octanol–water partition coefficient (Wildman–Crippen LogP) is 5.55. The second-order valence-electron chi connectivity index (χ2n) is 7.70. The van der Waals surface area contributed by atoms with Crippen LogP contribution in [0.3, 0.4) is 0 Å². The number of imidazole rings is 1. The highest BCUT2D eigenvalue weighted by Gasteiger charge is 2.40. The third-order valence-corrected chi connectivity index (χ3v) is 5.46. The fraction of sp³-hybridized carbons (Fsp3) is 0.154. The molecule has 2 heterocycles. The molecule has 4 aromatic rings. The summed E-state index contributed by atoms with van der Waals surface area (Å²) in [6.07, 6.45) is -1.65. The van der Waals surface area contributed by atoms with E-state index in [-0.39, 0.29) is 28.9 Å². The Hall–Kier alpha value is -4.47. The molecule has 174 valence electrons. The zero-order valence-corrected chi connectivity index (χ0v) is 18.5. The lowest BCUT2D eigenvalue weighted by Crippen LogP contribution is -2.19. The summed E-state index contributed by atoms with van der Waals surface area (Å²) in [6, 6.07) is 17.7. The molecule has 0 aliphatic carbocycles. The van der Waals surface area contributed by atoms with Crippen molar-refractivity contribution in [2.45, 2.75) is 18.9 Å². The average molecular weight is 473 g/mol. The van der Waals surface area contributed by atoms with Gasteiger partial charge >= 0.3 is 6.18 Å². The van der Waals surface area contributed by atoms with Crippen LogP contribution < -0.4 is 0 Å². The third-order valence-electron chi connectivity index (χ3n) is 5.46. The number of hydrogen-bond donors (Lipinski definition) is 0. The second-order valence-corrected chi connectivity index (χ2v) is 7.70. The van der Waals surface area contributed by atoms with Crippen molar-refractivity contribution in [3.8, 4) is 23.3 Å². The molecule has 0 amide bonds. The van der Waals surface area contributed by atoms with E-state index in [2.05, 4.69) is 9.97 Å². The first-order chi connectivity index (χ1) is 16.8. The second kappa shape index (κ2) is 9.80. The minimum atomic E-state index is -4.78. The Bertz CT molecular complexity index is 1410. The number of halogens is 3. The molecule has 6 nitrogen and oxygen atoms in total. The van der Waals surface area contributed by atoms with Gasteiger partial charge in [0.2, 0.25) is 0 Å². The number of nitriles is 2. The van der Waals surface area contributed by atoms with Gasteiger partial charge in [0.1, 0.15) is 12.2 Å². The molecule has 0 N–H and O–H groups in total. The van der Waals surface area contributed by atoms with E-state index in [4.69, 9.17) is 10.00 Å². The summed E-state index contributed by atoms with van der Waals surface area (Å²) in [7, 11) is 1.66. The molecule has 0 aliphatic rings. The van der Waals surface area contributed by atoms with Crippen LogP contribution in [0.4, 0.5) is 13.2 Å². The van der Waals surface area contributed by atoms with Gasteiger partial charge in [-0.3, -0.25) is 4.98 Å². The van der Waals surface area contributed by atoms with E-state index >= 15 is 0 Å². The van der Waals surface area contributed by atoms with Crippen molar-refractivity contribution < 1.29 is 17.9 Å². The first-order valence-corrected chi connectivity index (χ1v) is 10.5. The van der Waals surface area contributed by atoms with Crippen LogP contribution in [0.2, 0.25) is 0 Å². The number of aromatic nitrogens is 3. The lowest BCUT2D eigenvalue weighted by Gasteiger charge is -2.25. The summed E-state index contributed by atoms with van der Waals surface area (Å²) in [4.78, 5) is 8.20. The molecule has 4 rings (SSSR count). The number of benzene rings is 2. The molecule has 0 bridgehead atoms. The van der Waals surface area contributed by atoms with Crippen molar-refractivity contribution in [1.82, 2.24) is 14.5 Å². The summed E-state index contributed by atoms with van der Waals surface area (Å²) in [5.41, 5.74) is 0.0886. The summed E-state index contributed by atoms with van der Waals surface area (Å²) < 4.78 is 51.5. The number of pyridine rings is 1. The van der Waals surface area contributed by atoms with Crippen LogP contribution in [0.5, 0.6) is 0 Å². The molecule has 35 heavy (non-hydrogen) atoms. The van der Waals surface area contributed by atoms with Crippen molar-refractivity contribution in [2.24, 2.45) is 7.05 Å². The Morgan fingerprint density at radius 2 is 1.77 bits per heavy atom. The number of aryl methyl sites for hydroxylation is 1. The van der Waals surface area contributed by atoms with Crippen molar-refractivity contribution in [1.29, 1.82) is 10.5 Å². The van der Waals surface area contributed by atoms with Gasteiger partial charge in [-0.15, -0.1) is 0 Å². The highest BCUT2D eigenvalue weighted by molar-refractivity contribution is 5.76. The Morgan fingerprint density at radius 3 is 2.34 bits per heavy atom. The Kier molecular flexibility index (Phi) is 6.63. The van der Waals surface area contributed by atoms with Crippen molar-refractivity contribution in [3.63, 3.8) is 0 Å². The first-order valence-electron chi connectivity index (χ1n) is 10.5. The van der Waals surface area contributed by atoms with Crippen LogP contribution >= 0.6 is 0 Å². The number of hydrogen-bond acceptors (Lipinski definition) is 5. The summed E-state index contributed by atoms with van der Waals surface area (Å²) in [5.74, 6) is 0. The monoisotopic (exact) mass is 473 g/mol. The zero-order valence-electron chi connectivity index (χ0n) is 18.5. The van der Waals surface area contributed by atoms with Crippen molar-refractivity contribution in [3.05, 3.63) is 107 Å². The topological polar surface area (TPSA) is 87.5 Å². The molecule has 0 radical (unpaired) electrons. The van der Waals surface area contributed by atoms with Crippen LogP contribution in [-0.2, 0) is 24.6 Å². The van der Waals surface area contributed by atoms with E-state index in [0.717, 1.165) is 0 Å². The smallest absolute Gasteiger partial charge is 0.361 e. The van der Waals surface area contributed by atoms with E-state index in [1.165, 1.54) is 43.0 Å². The van der Waals surface area contributed by atoms with E-state index in [1.54, 1.807) is 41.9 Å². The van der Waals surface area contributed by atoms with Gasteiger partial charge < -0.3 is 9.30 Å². The molecule has 0 spiro atoms. The Labute approximate surface area is 199 Å². The van der Waals surface area contributed by atoms with Crippen molar-refractivity contribution in [2.75, 3.05) is 0 Å². The maximum atomic E-state index is 14.6. The van der Waals surface area contributed by atoms with Crippen molar-refractivity contribution >= 4 is 0 Å². The van der Waals surface area contributed by atoms with E-state index < -0.39 is 17.8 Å². The summed E-state index contributed by atoms with van der Waals surface area (Å²) in [5, 5.41) is 18.6. The molecule has 0 fully saturated rings. The van der Waals surface area contributed by atoms with Gasteiger partial charge in [0.05, 0.1) is 53.3 Å². The van der Waals surface area contributed by atoms with E-state index in [0.29, 0.717) is 17.0 Å². The average Bonchev–Trinajstić information content (AvgIpc) is 3.29. The van der Waals surface area contributed by atoms with Crippen LogP contribution in [-0.4, -0.2) is 14.5 Å². The quantitative estimate of drug-likeness (QED) is 0.366. The molecule has 0 aliphatic heterocycles. The highest BCUT2D eigenvalue weighted by Crippen LogP contribution is 2.45. The molecule has 0 saturated carbocycles. The van der Waals surface area contributed by atoms with Gasteiger partial charge in [-0.1, -0.05) is 36.4 Å². The Balaban J connectivity index is 1.89. The van der Waals surface area contributed by atoms with Crippen LogP contribution in [0, 0.1) is 22.7 Å². The lowest BCUT2D eigenvalue weighted by atomic mass is 9.88. The number of alkyl halides is 3. The first kappa shape index (κ1) is 23.7. The lowest BCUT2D eigenvalue weighted by molar-refractivity contribution is -0.138. The van der Waals surface area contributed by atoms with E-state index in [9.17, 15) is 18.4 Å². The number of ether oxygens (including phenoxy) is 1. The van der Waals surface area contributed by atoms with Crippen LogP contribution in [0.15, 0.2) is 73.3 Å². The van der Waals surface area contributed by atoms with Gasteiger partial charge in [0, 0.05) is 18.8 Å². The third kappa shape index (κ3) is 4.91. The van der Waals surface area contributed by atoms with Gasteiger partial charge in [0.25, 0.3) is 0 Å². The van der Waals surface area contributed by atoms with Gasteiger partial charge in [-0.25, -0.2) is 4.98 Å². The molecular formula is C26H18F3N5O. The Morgan fingerprint density at radius 1 is 1.00 bits per heavy atom. The molecule has 0 saturated heterocycles. The van der Waals surface area contributed by atoms with Gasteiger partial charge in [-0.2, -0.15) is 23.7 Å². The molecule has 2 aromatic heterocycles. The fourth-order valence-electron chi connectivity index (χ4n) is 3.84.